The summed E-state index contributed by atoms with van der Waals surface area (Å²) in [6, 6.07) is -1.50. The molecule has 1 aromatic rings. The van der Waals surface area contributed by atoms with Gasteiger partial charge in [0.05, 0.1) is 0 Å². The number of benzene rings is 1. The molecule has 19 heteroatoms. The van der Waals surface area contributed by atoms with Crippen molar-refractivity contribution >= 4 is 64.6 Å². The molecule has 0 spiro atoms. The third kappa shape index (κ3) is 14.9. The van der Waals surface area contributed by atoms with Gasteiger partial charge in [-0.2, -0.15) is 13.2 Å². The van der Waals surface area contributed by atoms with Crippen LogP contribution in [0.25, 0.3) is 0 Å². The molecule has 0 aromatic heterocycles. The Hall–Kier alpha value is -4.12. The van der Waals surface area contributed by atoms with E-state index >= 15 is 0 Å². The van der Waals surface area contributed by atoms with Crippen LogP contribution >= 0.6 is 23.2 Å². The molecule has 366 valence electrons. The summed E-state index contributed by atoms with van der Waals surface area (Å²) >= 11 is 12.8. The Morgan fingerprint density at radius 3 is 2.14 bits per heavy atom. The van der Waals surface area contributed by atoms with Crippen LogP contribution in [-0.2, 0) is 40.0 Å². The molecular formula is C46H70Cl2F3N7O7. The molecule has 1 aliphatic carbocycles. The molecule has 7 amide bonds. The van der Waals surface area contributed by atoms with E-state index in [2.05, 4.69) is 26.6 Å². The molecule has 5 N–H and O–H groups in total. The van der Waals surface area contributed by atoms with Gasteiger partial charge in [-0.1, -0.05) is 77.1 Å². The molecule has 1 aliphatic heterocycles. The fraction of sp³-hybridized carbons (Fsp3) is 0.717. The Labute approximate surface area is 392 Å². The molecule has 1 saturated heterocycles. The lowest BCUT2D eigenvalue weighted by Crippen LogP contribution is -2.62. The number of alkyl halides is 3. The van der Waals surface area contributed by atoms with Gasteiger partial charge in [0.1, 0.15) is 41.2 Å². The predicted octanol–water partition coefficient (Wildman–Crippen LogP) is 6.24. The second kappa shape index (κ2) is 24.1. The molecule has 5 atom stereocenters. The highest BCUT2D eigenvalue weighted by Crippen LogP contribution is 2.49. The lowest BCUT2D eigenvalue weighted by atomic mass is 9.72. The average molecular weight is 961 g/mol. The van der Waals surface area contributed by atoms with Crippen molar-refractivity contribution in [1.29, 1.82) is 0 Å². The minimum Gasteiger partial charge on any atom is -0.354 e. The van der Waals surface area contributed by atoms with Crippen molar-refractivity contribution in [2.45, 2.75) is 174 Å². The summed E-state index contributed by atoms with van der Waals surface area (Å²) in [4.78, 5) is 101. The Bertz CT molecular complexity index is 1860. The number of amides is 7. The molecule has 1 aromatic carbocycles. The lowest BCUT2D eigenvalue weighted by molar-refractivity contribution is -0.230. The van der Waals surface area contributed by atoms with Gasteiger partial charge in [0.25, 0.3) is 0 Å². The normalized spacial score (nSPS) is 22.3. The maximum atomic E-state index is 14.6. The van der Waals surface area contributed by atoms with E-state index in [1.807, 2.05) is 27.7 Å². The zero-order chi connectivity index (χ0) is 49.0. The summed E-state index contributed by atoms with van der Waals surface area (Å²) in [6.45, 7) is 12.3. The highest BCUT2D eigenvalue weighted by Gasteiger charge is 2.60. The molecule has 1 saturated carbocycles. The Kier molecular flexibility index (Phi) is 20.4. The van der Waals surface area contributed by atoms with Gasteiger partial charge >= 0.3 is 6.18 Å². The average Bonchev–Trinajstić information content (AvgIpc) is 3.23. The maximum absolute atomic E-state index is 14.6. The first-order chi connectivity index (χ1) is 30.3. The van der Waals surface area contributed by atoms with Crippen molar-refractivity contribution < 1.29 is 46.7 Å². The number of nitrogens with one attached hydrogen (secondary N) is 5. The SMILES string of the molecule is CC[C@H](NC(=O)C1(C(F)(F)F)CCCCC1)C(=O)N[C@@H](CCC(C)C)C(=O)N(C)[C@H]1CCCCNC(=O)C(C)(C)NC(=O)[C@H](Cc2cc(Cl)ccc2Cl)N(C)C(=O)[C@H](CC(C)C)NC1=O. The van der Waals surface area contributed by atoms with E-state index in [1.54, 1.807) is 25.1 Å². The van der Waals surface area contributed by atoms with E-state index < -0.39 is 88.7 Å². The lowest BCUT2D eigenvalue weighted by Gasteiger charge is -2.38. The quantitative estimate of drug-likeness (QED) is 0.146. The van der Waals surface area contributed by atoms with Crippen molar-refractivity contribution in [1.82, 2.24) is 36.4 Å². The van der Waals surface area contributed by atoms with Crippen molar-refractivity contribution in [3.05, 3.63) is 33.8 Å². The third-order valence-corrected chi connectivity index (χ3v) is 13.1. The van der Waals surface area contributed by atoms with Gasteiger partial charge in [-0.3, -0.25) is 33.6 Å². The minimum absolute atomic E-state index is 0.0560. The minimum atomic E-state index is -4.83. The van der Waals surface area contributed by atoms with E-state index in [9.17, 15) is 46.7 Å². The van der Waals surface area contributed by atoms with Crippen molar-refractivity contribution in [3.63, 3.8) is 0 Å². The van der Waals surface area contributed by atoms with Gasteiger partial charge < -0.3 is 36.4 Å². The molecule has 3 rings (SSSR count). The van der Waals surface area contributed by atoms with Gasteiger partial charge in [-0.15, -0.1) is 0 Å². The topological polar surface area (TPSA) is 186 Å². The highest BCUT2D eigenvalue weighted by molar-refractivity contribution is 6.33. The molecule has 0 unspecified atom stereocenters. The van der Waals surface area contributed by atoms with E-state index in [-0.39, 0.29) is 76.2 Å². The fourth-order valence-electron chi connectivity index (χ4n) is 8.38. The van der Waals surface area contributed by atoms with Crippen LogP contribution in [0.15, 0.2) is 18.2 Å². The molecule has 14 nitrogen and oxygen atoms in total. The summed E-state index contributed by atoms with van der Waals surface area (Å²) in [5.74, 6) is -5.29. The standard InChI is InChI=1S/C46H70Cl2F3N7O7/c1-10-32(55-43(65)45(46(49,50)51)21-13-11-14-22-45)37(59)53-33(20-17-27(2)3)40(62)57(8)35-16-12-15-23-52-42(64)44(6,7)56-39(61)36(26-29-25-30(47)18-19-31(29)48)58(9)41(63)34(24-28(4)5)54-38(35)60/h18-19,25,27-28,32-36H,10-17,20-24,26H2,1-9H3,(H,52,64)(H,53,59)(H,54,60)(H,55,65)(H,56,61)/t32-,33-,34-,35-,36-/m0/s1. The van der Waals surface area contributed by atoms with Gasteiger partial charge in [0.2, 0.25) is 41.4 Å². The zero-order valence-corrected chi connectivity index (χ0v) is 40.8. The Morgan fingerprint density at radius 2 is 1.55 bits per heavy atom. The van der Waals surface area contributed by atoms with Crippen molar-refractivity contribution in [3.8, 4) is 0 Å². The molecule has 2 aliphatic rings. The van der Waals surface area contributed by atoms with Crippen LogP contribution in [0.2, 0.25) is 10.0 Å². The van der Waals surface area contributed by atoms with Crippen LogP contribution in [0, 0.1) is 17.3 Å². The largest absolute Gasteiger partial charge is 0.403 e. The first kappa shape index (κ1) is 55.2. The van der Waals surface area contributed by atoms with Crippen molar-refractivity contribution in [2.75, 3.05) is 20.6 Å². The molecular weight excluding hydrogens is 890 g/mol. The summed E-state index contributed by atoms with van der Waals surface area (Å²) in [7, 11) is 2.82. The van der Waals surface area contributed by atoms with E-state index in [0.717, 1.165) is 0 Å². The van der Waals surface area contributed by atoms with Crippen LogP contribution in [0.1, 0.15) is 131 Å². The van der Waals surface area contributed by atoms with Crippen LogP contribution in [-0.4, -0.2) is 114 Å². The number of nitrogens with zero attached hydrogens (tertiary/aromatic N) is 2. The Morgan fingerprint density at radius 1 is 0.908 bits per heavy atom. The first-order valence-corrected chi connectivity index (χ1v) is 23.6. The second-order valence-electron chi connectivity index (χ2n) is 19.0. The van der Waals surface area contributed by atoms with Gasteiger partial charge in [-0.25, -0.2) is 0 Å². The summed E-state index contributed by atoms with van der Waals surface area (Å²) in [5, 5.41) is 14.1. The molecule has 1 heterocycles. The predicted molar refractivity (Wildman–Crippen MR) is 244 cm³/mol. The summed E-state index contributed by atoms with van der Waals surface area (Å²) in [5.41, 5.74) is -3.58. The van der Waals surface area contributed by atoms with Crippen molar-refractivity contribution in [2.24, 2.45) is 17.3 Å². The number of rotatable bonds is 14. The molecule has 0 bridgehead atoms. The van der Waals surface area contributed by atoms with E-state index in [0.29, 0.717) is 41.3 Å². The molecule has 2 fully saturated rings. The number of likely N-dealkylation sites (N-methyl/N-ethyl adjacent to an activating group) is 2. The fourth-order valence-corrected chi connectivity index (χ4v) is 8.77. The maximum Gasteiger partial charge on any atom is 0.403 e. The van der Waals surface area contributed by atoms with Gasteiger partial charge in [0, 0.05) is 37.1 Å². The van der Waals surface area contributed by atoms with Crippen LogP contribution < -0.4 is 26.6 Å². The van der Waals surface area contributed by atoms with Crippen LogP contribution in [0.5, 0.6) is 0 Å². The number of carbonyl (C=O) groups is 7. The number of hydrogen-bond acceptors (Lipinski definition) is 7. The van der Waals surface area contributed by atoms with E-state index in [4.69, 9.17) is 23.2 Å². The smallest absolute Gasteiger partial charge is 0.354 e. The summed E-state index contributed by atoms with van der Waals surface area (Å²) in [6.07, 6.45) is -3.28. The zero-order valence-electron chi connectivity index (χ0n) is 39.3. The third-order valence-electron chi connectivity index (χ3n) is 12.5. The van der Waals surface area contributed by atoms with Crippen LogP contribution in [0.3, 0.4) is 0 Å². The van der Waals surface area contributed by atoms with E-state index in [1.165, 1.54) is 37.7 Å². The first-order valence-electron chi connectivity index (χ1n) is 22.8. The Balaban J connectivity index is 2.00. The monoisotopic (exact) mass is 959 g/mol. The molecule has 65 heavy (non-hydrogen) atoms. The van der Waals surface area contributed by atoms with Gasteiger partial charge in [-0.05, 0) is 107 Å². The summed E-state index contributed by atoms with van der Waals surface area (Å²) < 4.78 is 43.2. The molecule has 0 radical (unpaired) electrons. The second-order valence-corrected chi connectivity index (χ2v) is 19.9. The number of carbonyl (C=O) groups excluding carboxylic acids is 7. The highest BCUT2D eigenvalue weighted by atomic mass is 35.5. The number of halogens is 5. The number of hydrogen-bond donors (Lipinski definition) is 5. The van der Waals surface area contributed by atoms with Gasteiger partial charge in [0.15, 0.2) is 0 Å². The van der Waals surface area contributed by atoms with Crippen LogP contribution in [0.4, 0.5) is 13.2 Å².